The Morgan fingerprint density at radius 3 is 2.28 bits per heavy atom. The number of rotatable bonds is 1. The van der Waals surface area contributed by atoms with Gasteiger partial charge in [-0.15, -0.1) is 0 Å². The molecule has 1 amide bonds. The standard InChI is InChI=1S/C14H23NO3/c1-9(2)11-7-15(8-12(16)10(11)3)13(17)18-14(4,5)6/h9H,7-8H2,1-6H3. The molecule has 0 bridgehead atoms. The van der Waals surface area contributed by atoms with Gasteiger partial charge in [0.15, 0.2) is 5.78 Å². The van der Waals surface area contributed by atoms with E-state index in [1.807, 2.05) is 41.5 Å². The van der Waals surface area contributed by atoms with Crippen LogP contribution in [0.1, 0.15) is 41.5 Å². The van der Waals surface area contributed by atoms with Gasteiger partial charge >= 0.3 is 6.09 Å². The molecule has 18 heavy (non-hydrogen) atoms. The molecule has 0 aromatic heterocycles. The fourth-order valence-corrected chi connectivity index (χ4v) is 1.92. The lowest BCUT2D eigenvalue weighted by Gasteiger charge is -2.32. The molecule has 0 radical (unpaired) electrons. The Kier molecular flexibility index (Phi) is 4.20. The lowest BCUT2D eigenvalue weighted by molar-refractivity contribution is -0.117. The van der Waals surface area contributed by atoms with Gasteiger partial charge in [-0.1, -0.05) is 13.8 Å². The number of amides is 1. The highest BCUT2D eigenvalue weighted by atomic mass is 16.6. The van der Waals surface area contributed by atoms with Crippen LogP contribution in [0, 0.1) is 5.92 Å². The van der Waals surface area contributed by atoms with E-state index in [-0.39, 0.29) is 18.2 Å². The van der Waals surface area contributed by atoms with Crippen molar-refractivity contribution in [3.05, 3.63) is 11.1 Å². The highest BCUT2D eigenvalue weighted by Gasteiger charge is 2.30. The quantitative estimate of drug-likeness (QED) is 0.722. The van der Waals surface area contributed by atoms with Crippen LogP contribution in [0.15, 0.2) is 11.1 Å². The van der Waals surface area contributed by atoms with Crippen LogP contribution in [0.2, 0.25) is 0 Å². The fraction of sp³-hybridized carbons (Fsp3) is 0.714. The molecular formula is C14H23NO3. The number of ether oxygens (including phenoxy) is 1. The Labute approximate surface area is 109 Å². The second-order valence-corrected chi connectivity index (χ2v) is 6.06. The zero-order valence-corrected chi connectivity index (χ0v) is 12.2. The van der Waals surface area contributed by atoms with E-state index in [1.54, 1.807) is 0 Å². The molecule has 0 unspecified atom stereocenters. The van der Waals surface area contributed by atoms with Crippen molar-refractivity contribution >= 4 is 11.9 Å². The minimum absolute atomic E-state index is 0.0100. The predicted octanol–water partition coefficient (Wildman–Crippen LogP) is 2.78. The van der Waals surface area contributed by atoms with Crippen molar-refractivity contribution in [2.45, 2.75) is 47.1 Å². The number of nitrogens with zero attached hydrogens (tertiary/aromatic N) is 1. The van der Waals surface area contributed by atoms with Crippen LogP contribution < -0.4 is 0 Å². The molecule has 1 aliphatic rings. The minimum Gasteiger partial charge on any atom is -0.444 e. The molecule has 0 spiro atoms. The first kappa shape index (κ1) is 14.7. The third-order valence-electron chi connectivity index (χ3n) is 2.94. The second-order valence-electron chi connectivity index (χ2n) is 6.06. The van der Waals surface area contributed by atoms with Crippen LogP contribution in [-0.4, -0.2) is 35.5 Å². The van der Waals surface area contributed by atoms with Crippen molar-refractivity contribution in [1.29, 1.82) is 0 Å². The van der Waals surface area contributed by atoms with E-state index in [9.17, 15) is 9.59 Å². The number of carbonyl (C=O) groups excluding carboxylic acids is 2. The van der Waals surface area contributed by atoms with Crippen molar-refractivity contribution < 1.29 is 14.3 Å². The molecule has 0 aliphatic carbocycles. The molecule has 1 aliphatic heterocycles. The van der Waals surface area contributed by atoms with Gasteiger partial charge in [0, 0.05) is 6.54 Å². The van der Waals surface area contributed by atoms with Gasteiger partial charge < -0.3 is 4.74 Å². The van der Waals surface area contributed by atoms with Crippen LogP contribution in [0.25, 0.3) is 0 Å². The van der Waals surface area contributed by atoms with Crippen molar-refractivity contribution in [2.75, 3.05) is 13.1 Å². The molecule has 0 saturated heterocycles. The SMILES string of the molecule is CC1=C(C(C)C)CN(C(=O)OC(C)(C)C)CC1=O. The van der Waals surface area contributed by atoms with E-state index in [2.05, 4.69) is 0 Å². The zero-order valence-electron chi connectivity index (χ0n) is 12.2. The van der Waals surface area contributed by atoms with E-state index in [0.717, 1.165) is 11.1 Å². The number of hydrogen-bond donors (Lipinski definition) is 0. The largest absolute Gasteiger partial charge is 0.444 e. The molecule has 4 nitrogen and oxygen atoms in total. The van der Waals surface area contributed by atoms with Crippen LogP contribution in [0.3, 0.4) is 0 Å². The summed E-state index contributed by atoms with van der Waals surface area (Å²) < 4.78 is 5.30. The summed E-state index contributed by atoms with van der Waals surface area (Å²) in [7, 11) is 0. The molecule has 0 aromatic carbocycles. The van der Waals surface area contributed by atoms with Crippen LogP contribution >= 0.6 is 0 Å². The van der Waals surface area contributed by atoms with E-state index in [0.29, 0.717) is 6.54 Å². The molecule has 1 heterocycles. The topological polar surface area (TPSA) is 46.6 Å². The summed E-state index contributed by atoms with van der Waals surface area (Å²) in [6.45, 7) is 12.0. The Bertz CT molecular complexity index is 388. The van der Waals surface area contributed by atoms with Gasteiger partial charge in [0.25, 0.3) is 0 Å². The van der Waals surface area contributed by atoms with Crippen molar-refractivity contribution in [2.24, 2.45) is 5.92 Å². The highest BCUT2D eigenvalue weighted by molar-refractivity contribution is 5.99. The second kappa shape index (κ2) is 5.12. The smallest absolute Gasteiger partial charge is 0.410 e. The Balaban J connectivity index is 2.85. The first-order chi connectivity index (χ1) is 8.11. The average Bonchev–Trinajstić information content (AvgIpc) is 2.18. The molecule has 0 aromatic rings. The van der Waals surface area contributed by atoms with Crippen molar-refractivity contribution in [1.82, 2.24) is 4.90 Å². The molecule has 0 saturated carbocycles. The van der Waals surface area contributed by atoms with E-state index in [4.69, 9.17) is 4.74 Å². The highest BCUT2D eigenvalue weighted by Crippen LogP contribution is 2.23. The maximum atomic E-state index is 12.0. The molecule has 1 rings (SSSR count). The molecule has 4 heteroatoms. The summed E-state index contributed by atoms with van der Waals surface area (Å²) in [5.41, 5.74) is 1.29. The van der Waals surface area contributed by atoms with Crippen molar-refractivity contribution in [3.63, 3.8) is 0 Å². The molecule has 0 N–H and O–H groups in total. The van der Waals surface area contributed by atoms with Gasteiger partial charge in [0.1, 0.15) is 5.60 Å². The van der Waals surface area contributed by atoms with Crippen LogP contribution in [0.5, 0.6) is 0 Å². The van der Waals surface area contributed by atoms with Crippen LogP contribution in [0.4, 0.5) is 4.79 Å². The Morgan fingerprint density at radius 2 is 1.83 bits per heavy atom. The van der Waals surface area contributed by atoms with Crippen molar-refractivity contribution in [3.8, 4) is 0 Å². The van der Waals surface area contributed by atoms with Gasteiger partial charge in [-0.3, -0.25) is 9.69 Å². The lowest BCUT2D eigenvalue weighted by Crippen LogP contribution is -2.44. The molecule has 0 fully saturated rings. The summed E-state index contributed by atoms with van der Waals surface area (Å²) in [6.07, 6.45) is -0.415. The van der Waals surface area contributed by atoms with E-state index in [1.165, 1.54) is 4.90 Å². The zero-order chi connectivity index (χ0) is 14.1. The van der Waals surface area contributed by atoms with Gasteiger partial charge in [-0.05, 0) is 44.8 Å². The Hall–Kier alpha value is -1.32. The summed E-state index contributed by atoms with van der Waals surface area (Å²) in [5, 5.41) is 0. The number of carbonyl (C=O) groups is 2. The molecule has 102 valence electrons. The average molecular weight is 253 g/mol. The summed E-state index contributed by atoms with van der Waals surface area (Å²) in [4.78, 5) is 25.3. The third kappa shape index (κ3) is 3.59. The molecular weight excluding hydrogens is 230 g/mol. The van der Waals surface area contributed by atoms with Gasteiger partial charge in [-0.25, -0.2) is 4.79 Å². The monoisotopic (exact) mass is 253 g/mol. The summed E-state index contributed by atoms with van der Waals surface area (Å²) >= 11 is 0. The minimum atomic E-state index is -0.533. The summed E-state index contributed by atoms with van der Waals surface area (Å²) in [6, 6.07) is 0. The van der Waals surface area contributed by atoms with E-state index >= 15 is 0 Å². The number of hydrogen-bond acceptors (Lipinski definition) is 3. The fourth-order valence-electron chi connectivity index (χ4n) is 1.92. The normalized spacial score (nSPS) is 17.5. The van der Waals surface area contributed by atoms with E-state index < -0.39 is 11.7 Å². The number of ketones is 1. The van der Waals surface area contributed by atoms with Crippen LogP contribution in [-0.2, 0) is 9.53 Å². The maximum Gasteiger partial charge on any atom is 0.410 e. The lowest BCUT2D eigenvalue weighted by atomic mass is 9.92. The Morgan fingerprint density at radius 1 is 1.28 bits per heavy atom. The molecule has 0 atom stereocenters. The number of Topliss-reactive ketones (excluding diaryl/α,β-unsaturated/α-hetero) is 1. The van der Waals surface area contributed by atoms with Gasteiger partial charge in [-0.2, -0.15) is 0 Å². The first-order valence-electron chi connectivity index (χ1n) is 6.32. The first-order valence-corrected chi connectivity index (χ1v) is 6.32. The summed E-state index contributed by atoms with van der Waals surface area (Å²) in [5.74, 6) is 0.273. The van der Waals surface area contributed by atoms with Gasteiger partial charge in [0.2, 0.25) is 0 Å². The third-order valence-corrected chi connectivity index (χ3v) is 2.94. The van der Waals surface area contributed by atoms with Gasteiger partial charge in [0.05, 0.1) is 6.54 Å². The maximum absolute atomic E-state index is 12.0. The predicted molar refractivity (Wildman–Crippen MR) is 70.4 cm³/mol.